The molecule has 0 atom stereocenters. The minimum atomic E-state index is -5.78. The highest BCUT2D eigenvalue weighted by Gasteiger charge is 2.43. The summed E-state index contributed by atoms with van der Waals surface area (Å²) in [7, 11) is -6.86. The molecule has 23 heteroatoms. The molecule has 3 aromatic carbocycles. The molecular formula is C37H32F2N4O11S6. The van der Waals surface area contributed by atoms with Gasteiger partial charge in [0.25, 0.3) is 0 Å². The molecular weight excluding hydrogens is 907 g/mol. The largest absolute Gasteiger partial charge is 0.744 e. The fraction of sp³-hybridized carbons (Fsp3) is 0.243. The van der Waals surface area contributed by atoms with E-state index in [1.54, 1.807) is 25.2 Å². The number of nitrogens with one attached hydrogen (secondary N) is 1. The molecule has 1 amide bonds. The summed E-state index contributed by atoms with van der Waals surface area (Å²) in [5.74, 6) is 1.19. The SMILES string of the molecule is CN1c2cc3c(cc2-c2sc(SOOO)cc2C1(C)C)C(c1c(F)c(SCC(=O)NN)cc(F)c1S(=O)(=O)[O-])=c1cc2c(cc1O3)=[N+](C)C(C)(C)c1cc(S(=O)(=O)O)sc1-2. The van der Waals surface area contributed by atoms with E-state index >= 15 is 8.78 Å². The highest BCUT2D eigenvalue weighted by atomic mass is 32.3. The Morgan fingerprint density at radius 1 is 1.00 bits per heavy atom. The number of benzene rings is 3. The molecule has 0 saturated heterocycles. The Bertz CT molecular complexity index is 3090. The van der Waals surface area contributed by atoms with Crippen LogP contribution in [0.5, 0.6) is 11.5 Å². The van der Waals surface area contributed by atoms with Gasteiger partial charge in [-0.1, -0.05) is 5.04 Å². The molecule has 5 heterocycles. The normalized spacial score (nSPS) is 16.0. The standard InChI is InChI=1S/C37H32F2N4O11S6/c1-36(2)19-9-28(58-54-53-45)56-33(19)15-7-17-24(12-22(15)42(36)5)52-25-13-23-16(34-20(37(3,4)43(23)6)10-29(57-34)59(46,47)48)8-18(25)30(17)31-32(39)26(55-14-27(44)41-40)11-21(38)35(31)60(49,50)51/h7-13H,14,40H2,1-6H3,(H3-,41,44,45,46,47,48,49,50,51). The minimum absolute atomic E-state index is 0.00718. The second-order valence-corrected chi connectivity index (χ2v) is 22.0. The number of amides is 1. The van der Waals surface area contributed by atoms with E-state index in [4.69, 9.17) is 20.2 Å². The Balaban J connectivity index is 1.54. The van der Waals surface area contributed by atoms with Crippen molar-refractivity contribution < 1.29 is 58.9 Å². The van der Waals surface area contributed by atoms with Gasteiger partial charge in [-0.15, -0.1) is 38.8 Å². The molecule has 60 heavy (non-hydrogen) atoms. The number of hydrogen-bond donors (Lipinski definition) is 4. The van der Waals surface area contributed by atoms with E-state index < -0.39 is 70.0 Å². The van der Waals surface area contributed by atoms with Crippen molar-refractivity contribution in [3.63, 3.8) is 0 Å². The summed E-state index contributed by atoms with van der Waals surface area (Å²) in [4.78, 5) is 13.2. The quantitative estimate of drug-likeness (QED) is 0.0206. The Morgan fingerprint density at radius 3 is 2.35 bits per heavy atom. The molecule has 5 N–H and O–H groups in total. The molecule has 3 aliphatic heterocycles. The zero-order chi connectivity index (χ0) is 43.6. The number of carbonyl (C=O) groups is 1. The van der Waals surface area contributed by atoms with Crippen molar-refractivity contribution >= 4 is 83.9 Å². The highest BCUT2D eigenvalue weighted by molar-refractivity contribution is 8.00. The molecule has 0 spiro atoms. The molecule has 0 saturated carbocycles. The van der Waals surface area contributed by atoms with Gasteiger partial charge in [-0.2, -0.15) is 8.42 Å². The van der Waals surface area contributed by atoms with Crippen LogP contribution >= 0.6 is 46.5 Å². The fourth-order valence-corrected chi connectivity index (χ4v) is 13.1. The maximum Gasteiger partial charge on any atom is 0.304 e. The molecule has 0 unspecified atom stereocenters. The van der Waals surface area contributed by atoms with Crippen LogP contribution in [0.2, 0.25) is 0 Å². The first kappa shape index (κ1) is 42.7. The number of rotatable bonds is 9. The van der Waals surface area contributed by atoms with Gasteiger partial charge in [0, 0.05) is 75.5 Å². The summed E-state index contributed by atoms with van der Waals surface area (Å²) in [5.41, 5.74) is 2.12. The topological polar surface area (TPSA) is 221 Å². The first-order valence-electron chi connectivity index (χ1n) is 17.4. The van der Waals surface area contributed by atoms with Crippen molar-refractivity contribution in [2.75, 3.05) is 24.7 Å². The molecule has 5 aromatic rings. The zero-order valence-electron chi connectivity index (χ0n) is 32.0. The lowest BCUT2D eigenvalue weighted by Gasteiger charge is -2.43. The predicted molar refractivity (Wildman–Crippen MR) is 220 cm³/mol. The van der Waals surface area contributed by atoms with E-state index in [0.717, 1.165) is 28.9 Å². The molecule has 15 nitrogen and oxygen atoms in total. The van der Waals surface area contributed by atoms with Crippen molar-refractivity contribution in [3.8, 4) is 32.4 Å². The minimum Gasteiger partial charge on any atom is -0.744 e. The van der Waals surface area contributed by atoms with Crippen LogP contribution in [0.4, 0.5) is 14.5 Å². The first-order valence-corrected chi connectivity index (χ1v) is 23.6. The number of nitrogens with zero attached hydrogens (tertiary/aromatic N) is 2. The number of thioether (sulfide) groups is 1. The van der Waals surface area contributed by atoms with Crippen LogP contribution in [0.15, 0.2) is 60.7 Å². The van der Waals surface area contributed by atoms with Crippen LogP contribution in [0.3, 0.4) is 0 Å². The van der Waals surface area contributed by atoms with Crippen LogP contribution in [-0.4, -0.2) is 57.0 Å². The van der Waals surface area contributed by atoms with Crippen LogP contribution in [0.25, 0.3) is 26.5 Å². The molecule has 0 aliphatic carbocycles. The summed E-state index contributed by atoms with van der Waals surface area (Å²) in [6.45, 7) is 7.63. The van der Waals surface area contributed by atoms with Gasteiger partial charge in [-0.3, -0.25) is 14.8 Å². The Morgan fingerprint density at radius 2 is 1.70 bits per heavy atom. The predicted octanol–water partition coefficient (Wildman–Crippen LogP) is 5.49. The lowest BCUT2D eigenvalue weighted by atomic mass is 9.83. The maximum atomic E-state index is 17.3. The summed E-state index contributed by atoms with van der Waals surface area (Å²) < 4.78 is 121. The molecule has 2 aromatic heterocycles. The monoisotopic (exact) mass is 938 g/mol. The van der Waals surface area contributed by atoms with Crippen LogP contribution in [0, 0.1) is 11.6 Å². The summed E-state index contributed by atoms with van der Waals surface area (Å²) >= 11 is 3.30. The zero-order valence-corrected chi connectivity index (χ0v) is 36.9. The van der Waals surface area contributed by atoms with E-state index in [0.29, 0.717) is 59.5 Å². The average molecular weight is 939 g/mol. The van der Waals surface area contributed by atoms with Gasteiger partial charge < -0.3 is 14.2 Å². The summed E-state index contributed by atoms with van der Waals surface area (Å²) in [6.07, 6.45) is 0. The number of nitrogens with two attached hydrogens (primary N) is 1. The first-order chi connectivity index (χ1) is 28.0. The third-order valence-corrected chi connectivity index (χ3v) is 17.4. The third kappa shape index (κ3) is 6.66. The van der Waals surface area contributed by atoms with Crippen molar-refractivity contribution in [1.82, 2.24) is 10.0 Å². The second kappa shape index (κ2) is 14.6. The van der Waals surface area contributed by atoms with Gasteiger partial charge in [0.1, 0.15) is 49.4 Å². The van der Waals surface area contributed by atoms with Crippen molar-refractivity contribution in [2.24, 2.45) is 5.84 Å². The van der Waals surface area contributed by atoms with E-state index in [-0.39, 0.29) is 32.1 Å². The number of ether oxygens (including phenoxy) is 1. The Kier molecular flexibility index (Phi) is 10.4. The van der Waals surface area contributed by atoms with Crippen molar-refractivity contribution in [2.45, 2.75) is 57.0 Å². The van der Waals surface area contributed by atoms with Crippen molar-refractivity contribution in [1.29, 1.82) is 0 Å². The van der Waals surface area contributed by atoms with E-state index in [1.807, 2.05) is 55.7 Å². The molecule has 8 rings (SSSR count). The molecule has 0 radical (unpaired) electrons. The van der Waals surface area contributed by atoms with Crippen LogP contribution in [0.1, 0.15) is 49.9 Å². The average Bonchev–Trinajstić information content (AvgIpc) is 3.84. The Labute approximate surface area is 357 Å². The number of fused-ring (bicyclic) bond motifs is 8. The number of halogens is 2. The van der Waals surface area contributed by atoms with Gasteiger partial charge in [-0.05, 0) is 49.7 Å². The van der Waals surface area contributed by atoms with E-state index in [2.05, 4.69) is 5.04 Å². The molecule has 3 aliphatic rings. The fourth-order valence-electron chi connectivity index (χ4n) is 7.72. The smallest absolute Gasteiger partial charge is 0.304 e. The molecule has 316 valence electrons. The second-order valence-electron chi connectivity index (χ2n) is 14.9. The summed E-state index contributed by atoms with van der Waals surface area (Å²) in [5, 5.41) is 13.2. The number of thiophene rings is 2. The number of carbonyl (C=O) groups excluding carboxylic acids is 1. The van der Waals surface area contributed by atoms with Crippen LogP contribution in [-0.2, 0) is 45.5 Å². The Hall–Kier alpha value is -3.98. The van der Waals surface area contributed by atoms with Crippen molar-refractivity contribution in [3.05, 3.63) is 86.9 Å². The highest BCUT2D eigenvalue weighted by Crippen LogP contribution is 2.55. The van der Waals surface area contributed by atoms with E-state index in [9.17, 15) is 30.7 Å². The lowest BCUT2D eigenvalue weighted by Crippen LogP contribution is -2.46. The van der Waals surface area contributed by atoms with E-state index in [1.165, 1.54) is 23.5 Å². The van der Waals surface area contributed by atoms with Gasteiger partial charge in [0.05, 0.1) is 44.1 Å². The van der Waals surface area contributed by atoms with Gasteiger partial charge >= 0.3 is 10.1 Å². The number of anilines is 1. The third-order valence-electron chi connectivity index (χ3n) is 11.1. The van der Waals surface area contributed by atoms with Gasteiger partial charge in [-0.25, -0.2) is 32.9 Å². The number of hydrogen-bond acceptors (Lipinski definition) is 16. The lowest BCUT2D eigenvalue weighted by molar-refractivity contribution is -0.432. The van der Waals surface area contributed by atoms with Gasteiger partial charge in [0.2, 0.25) is 11.3 Å². The van der Waals surface area contributed by atoms with Crippen LogP contribution < -0.4 is 36.1 Å². The maximum absolute atomic E-state index is 17.3. The van der Waals surface area contributed by atoms with Gasteiger partial charge in [0.15, 0.2) is 5.54 Å². The molecule has 0 fully saturated rings. The summed E-state index contributed by atoms with van der Waals surface area (Å²) in [6, 6.07) is 10.1. The number of hydrazine groups is 1. The molecule has 0 bridgehead atoms.